The zero-order valence-corrected chi connectivity index (χ0v) is 50.7. The van der Waals surface area contributed by atoms with Gasteiger partial charge in [-0.2, -0.15) is 0 Å². The molecule has 8 aromatic rings. The first-order chi connectivity index (χ1) is 40.1. The van der Waals surface area contributed by atoms with Gasteiger partial charge < -0.3 is 38.4 Å². The second-order valence-electron chi connectivity index (χ2n) is 23.8. The van der Waals surface area contributed by atoms with Gasteiger partial charge in [0.1, 0.15) is 18.3 Å². The summed E-state index contributed by atoms with van der Waals surface area (Å²) in [7, 11) is -0.778. The fourth-order valence-corrected chi connectivity index (χ4v) is 9.86. The summed E-state index contributed by atoms with van der Waals surface area (Å²) in [5.41, 5.74) is 9.18. The highest BCUT2D eigenvalue weighted by molar-refractivity contribution is 6.62. The van der Waals surface area contributed by atoms with Crippen LogP contribution in [0, 0.1) is 20.8 Å². The first kappa shape index (κ1) is 62.3. The maximum absolute atomic E-state index is 12.8. The van der Waals surface area contributed by atoms with E-state index in [-0.39, 0.29) is 61.4 Å². The van der Waals surface area contributed by atoms with Crippen molar-refractivity contribution < 1.29 is 38.0 Å². The topological polar surface area (TPSA) is 164 Å². The summed E-state index contributed by atoms with van der Waals surface area (Å²) in [5.74, 6) is 1.48. The number of carbonyl (C=O) groups is 2. The van der Waals surface area contributed by atoms with Gasteiger partial charge in [-0.25, -0.2) is 19.6 Å². The van der Waals surface area contributed by atoms with Crippen LogP contribution in [0.5, 0.6) is 0 Å². The fraction of sp³-hybridized carbons (Fsp3) is 0.353. The number of amides is 2. The van der Waals surface area contributed by atoms with Crippen molar-refractivity contribution in [3.8, 4) is 22.5 Å². The van der Waals surface area contributed by atoms with Gasteiger partial charge in [-0.15, -0.1) is 0 Å². The van der Waals surface area contributed by atoms with Crippen molar-refractivity contribution in [2.24, 2.45) is 0 Å². The average molecular weight is 1130 g/mol. The van der Waals surface area contributed by atoms with E-state index in [4.69, 9.17) is 23.4 Å². The van der Waals surface area contributed by atoms with Crippen molar-refractivity contribution in [1.82, 2.24) is 29.7 Å². The normalized spacial score (nSPS) is 18.7. The molecule has 4 fully saturated rings. The Morgan fingerprint density at radius 3 is 1.18 bits per heavy atom. The SMILES string of the molecule is CC1(C)OB(c2ccc(-c3cnc(C4CCCN4C(=O)O)[nH]3)cc2)OC1(C)C.CC1(C)OB(c2ccc(-c3cnc(C4CCCN4C(=O)OCc4ccccc4)[nH]3)cc2)OC1(C)C.Cc1ccccc1.Cc1ccccc1.Cc1ccccc1. The Kier molecular flexibility index (Phi) is 20.6. The Balaban J connectivity index is 0.000000164. The maximum atomic E-state index is 12.8. The van der Waals surface area contributed by atoms with Gasteiger partial charge in [-0.05, 0) is 129 Å². The summed E-state index contributed by atoms with van der Waals surface area (Å²) >= 11 is 0. The van der Waals surface area contributed by atoms with Crippen molar-refractivity contribution >= 4 is 37.3 Å². The van der Waals surface area contributed by atoms with Gasteiger partial charge >= 0.3 is 26.4 Å². The van der Waals surface area contributed by atoms with E-state index < -0.39 is 6.09 Å². The van der Waals surface area contributed by atoms with E-state index in [2.05, 4.69) is 105 Å². The predicted molar refractivity (Wildman–Crippen MR) is 335 cm³/mol. The molecule has 2 unspecified atom stereocenters. The molecule has 2 aromatic heterocycles. The van der Waals surface area contributed by atoms with Crippen molar-refractivity contribution in [1.29, 1.82) is 0 Å². The van der Waals surface area contributed by atoms with Crippen LogP contribution in [0.2, 0.25) is 0 Å². The Bertz CT molecular complexity index is 3200. The molecule has 2 atom stereocenters. The lowest BCUT2D eigenvalue weighted by Gasteiger charge is -2.32. The molecular weight excluding hydrogens is 1050 g/mol. The number of imidazole rings is 2. The minimum atomic E-state index is -0.896. The standard InChI is InChI=1S/C27H32BN3O4.C20H26BN3O4.3C7H8/c1-26(2)27(3,4)35-28(34-26)21-14-12-20(13-15-21)22-17-29-24(30-22)23-11-8-16-31(23)25(32)33-18-19-9-6-5-7-10-19;1-19(2)20(3,4)28-21(27-19)14-9-7-13(8-10-14)15-12-22-17(23-15)16-6-5-11-24(16)18(25)26;3*1-7-5-3-2-4-6-7/h5-7,9-10,12-15,17,23H,8,11,16,18H2,1-4H3,(H,29,30);7-10,12,16H,5-6,11H2,1-4H3,(H,22,23)(H,25,26);3*2-6H,1H3. The third-order valence-electron chi connectivity index (χ3n) is 16.3. The number of ether oxygens (including phenoxy) is 1. The molecule has 4 saturated heterocycles. The molecule has 4 aliphatic rings. The number of nitrogens with one attached hydrogen (secondary N) is 2. The van der Waals surface area contributed by atoms with Gasteiger partial charge in [0, 0.05) is 13.1 Å². The van der Waals surface area contributed by atoms with Crippen LogP contribution in [0.3, 0.4) is 0 Å². The summed E-state index contributed by atoms with van der Waals surface area (Å²) < 4.78 is 30.1. The lowest BCUT2D eigenvalue weighted by Crippen LogP contribution is -2.41. The second kappa shape index (κ2) is 27.8. The zero-order valence-electron chi connectivity index (χ0n) is 50.7. The fourth-order valence-electron chi connectivity index (χ4n) is 9.86. The molecular formula is C68H82B2N6O8. The van der Waals surface area contributed by atoms with Crippen LogP contribution in [-0.2, 0) is 30.0 Å². The number of hydrogen-bond donors (Lipinski definition) is 3. The largest absolute Gasteiger partial charge is 0.494 e. The van der Waals surface area contributed by atoms with E-state index in [1.54, 1.807) is 11.1 Å². The van der Waals surface area contributed by atoms with Crippen LogP contribution < -0.4 is 10.9 Å². The Morgan fingerprint density at radius 1 is 0.512 bits per heavy atom. The van der Waals surface area contributed by atoms with E-state index in [1.165, 1.54) is 21.6 Å². The number of aryl methyl sites for hydroxylation is 3. The highest BCUT2D eigenvalue weighted by Crippen LogP contribution is 2.39. The monoisotopic (exact) mass is 1130 g/mol. The summed E-state index contributed by atoms with van der Waals surface area (Å²) in [6.07, 6.45) is 5.81. The van der Waals surface area contributed by atoms with Crippen LogP contribution in [-0.4, -0.2) is 96.8 Å². The number of carboxylic acid groups (broad SMARTS) is 1. The van der Waals surface area contributed by atoms with Gasteiger partial charge in [0.25, 0.3) is 0 Å². The molecule has 0 saturated carbocycles. The number of benzene rings is 6. The molecule has 6 heterocycles. The number of hydrogen-bond acceptors (Lipinski definition) is 9. The van der Waals surface area contributed by atoms with Crippen LogP contribution >= 0.6 is 0 Å². The van der Waals surface area contributed by atoms with Gasteiger partial charge in [-0.1, -0.05) is 187 Å². The number of nitrogens with zero attached hydrogens (tertiary/aromatic N) is 4. The zero-order chi connectivity index (χ0) is 60.1. The first-order valence-corrected chi connectivity index (χ1v) is 29.1. The number of H-pyrrole nitrogens is 2. The van der Waals surface area contributed by atoms with E-state index >= 15 is 0 Å². The van der Waals surface area contributed by atoms with Gasteiger partial charge in [0.2, 0.25) is 0 Å². The van der Waals surface area contributed by atoms with Crippen molar-refractivity contribution in [3.63, 3.8) is 0 Å². The molecule has 4 aliphatic heterocycles. The van der Waals surface area contributed by atoms with Crippen LogP contribution in [0.25, 0.3) is 22.5 Å². The molecule has 12 rings (SSSR count). The molecule has 16 heteroatoms. The number of aromatic amines is 2. The third-order valence-corrected chi connectivity index (χ3v) is 16.3. The van der Waals surface area contributed by atoms with E-state index in [1.807, 2.05) is 167 Å². The lowest BCUT2D eigenvalue weighted by atomic mass is 9.79. The molecule has 0 bridgehead atoms. The Morgan fingerprint density at radius 2 is 0.845 bits per heavy atom. The van der Waals surface area contributed by atoms with Gasteiger partial charge in [0.05, 0.1) is 58.3 Å². The van der Waals surface area contributed by atoms with E-state index in [0.29, 0.717) is 18.9 Å². The smallest absolute Gasteiger partial charge is 0.465 e. The molecule has 14 nitrogen and oxygen atoms in total. The average Bonchev–Trinajstić information content (AvgIpc) is 4.55. The van der Waals surface area contributed by atoms with Crippen molar-refractivity contribution in [2.45, 2.75) is 143 Å². The third kappa shape index (κ3) is 16.1. The molecule has 438 valence electrons. The predicted octanol–water partition coefficient (Wildman–Crippen LogP) is 14.0. The molecule has 2 amide bonds. The van der Waals surface area contributed by atoms with Gasteiger partial charge in [-0.3, -0.25) is 9.80 Å². The maximum Gasteiger partial charge on any atom is 0.494 e. The summed E-state index contributed by atoms with van der Waals surface area (Å²) in [6.45, 7) is 24.1. The summed E-state index contributed by atoms with van der Waals surface area (Å²) in [6, 6.07) is 56.3. The van der Waals surface area contributed by atoms with E-state index in [9.17, 15) is 14.7 Å². The summed E-state index contributed by atoms with van der Waals surface area (Å²) in [4.78, 5) is 43.1. The van der Waals surface area contributed by atoms with Crippen LogP contribution in [0.15, 0.2) is 182 Å². The number of rotatable bonds is 8. The quantitative estimate of drug-likeness (QED) is 0.125. The lowest BCUT2D eigenvalue weighted by molar-refractivity contribution is 0.00578. The number of aromatic nitrogens is 4. The molecule has 0 radical (unpaired) electrons. The number of likely N-dealkylation sites (tertiary alicyclic amines) is 2. The highest BCUT2D eigenvalue weighted by Gasteiger charge is 2.53. The molecule has 6 aromatic carbocycles. The molecule has 84 heavy (non-hydrogen) atoms. The minimum Gasteiger partial charge on any atom is -0.465 e. The van der Waals surface area contributed by atoms with E-state index in [0.717, 1.165) is 70.5 Å². The highest BCUT2D eigenvalue weighted by atomic mass is 16.7. The number of carbonyl (C=O) groups excluding carboxylic acids is 1. The molecule has 0 aliphatic carbocycles. The summed E-state index contributed by atoms with van der Waals surface area (Å²) in [5, 5.41) is 9.34. The van der Waals surface area contributed by atoms with Gasteiger partial charge in [0.15, 0.2) is 0 Å². The Labute approximate surface area is 497 Å². The van der Waals surface area contributed by atoms with Crippen LogP contribution in [0.4, 0.5) is 9.59 Å². The van der Waals surface area contributed by atoms with Crippen molar-refractivity contribution in [2.75, 3.05) is 13.1 Å². The molecule has 3 N–H and O–H groups in total. The Hall–Kier alpha value is -7.75. The minimum absolute atomic E-state index is 0.115. The first-order valence-electron chi connectivity index (χ1n) is 29.1. The van der Waals surface area contributed by atoms with Crippen LogP contribution in [0.1, 0.15) is 127 Å². The second-order valence-corrected chi connectivity index (χ2v) is 23.8. The van der Waals surface area contributed by atoms with Crippen molar-refractivity contribution in [3.05, 3.63) is 216 Å². The molecule has 0 spiro atoms.